The van der Waals surface area contributed by atoms with Crippen LogP contribution in [0.25, 0.3) is 0 Å². The van der Waals surface area contributed by atoms with Crippen LogP contribution in [0.4, 0.5) is 10.5 Å². The van der Waals surface area contributed by atoms with Crippen LogP contribution in [0, 0.1) is 11.3 Å². The number of piperazine rings is 1. The summed E-state index contributed by atoms with van der Waals surface area (Å²) in [5, 5.41) is 12.9. The van der Waals surface area contributed by atoms with Crippen molar-refractivity contribution in [1.82, 2.24) is 20.1 Å². The predicted molar refractivity (Wildman–Crippen MR) is 137 cm³/mol. The van der Waals surface area contributed by atoms with Crippen molar-refractivity contribution in [3.8, 4) is 11.9 Å². The molecule has 0 unspecified atom stereocenters. The van der Waals surface area contributed by atoms with E-state index in [9.17, 15) is 10.1 Å². The molecule has 1 aromatic heterocycles. The minimum Gasteiger partial charge on any atom is -0.476 e. The minimum atomic E-state index is -0.567. The second kappa shape index (κ2) is 10.1. The van der Waals surface area contributed by atoms with Crippen molar-refractivity contribution in [1.29, 1.82) is 5.26 Å². The molecule has 0 aromatic carbocycles. The highest BCUT2D eigenvalue weighted by Crippen LogP contribution is 2.39. The Balaban J connectivity index is 1.36. The summed E-state index contributed by atoms with van der Waals surface area (Å²) in [6, 6.07) is 4.15. The summed E-state index contributed by atoms with van der Waals surface area (Å²) in [5.41, 5.74) is 3.04. The fraction of sp³-hybridized carbons (Fsp3) is 0.741. The van der Waals surface area contributed by atoms with Crippen LogP contribution >= 0.6 is 0 Å². The van der Waals surface area contributed by atoms with Gasteiger partial charge in [0.05, 0.1) is 29.8 Å². The zero-order valence-corrected chi connectivity index (χ0v) is 22.0. The fourth-order valence-corrected chi connectivity index (χ4v) is 6.36. The molecule has 0 bridgehead atoms. The molecule has 1 amide bonds. The van der Waals surface area contributed by atoms with E-state index < -0.39 is 5.60 Å². The Labute approximate surface area is 214 Å². The van der Waals surface area contributed by atoms with Crippen LogP contribution in [0.15, 0.2) is 6.07 Å². The predicted octanol–water partition coefficient (Wildman–Crippen LogP) is 3.07. The van der Waals surface area contributed by atoms with Crippen molar-refractivity contribution in [2.45, 2.75) is 83.0 Å². The topological polar surface area (TPSA) is 94.0 Å². The molecule has 9 heteroatoms. The highest BCUT2D eigenvalue weighted by atomic mass is 16.6. The van der Waals surface area contributed by atoms with Gasteiger partial charge >= 0.3 is 6.09 Å². The number of nitrogens with zero attached hydrogens (tertiary/aromatic N) is 5. The van der Waals surface area contributed by atoms with Crippen LogP contribution in [0.2, 0.25) is 0 Å². The fourth-order valence-electron chi connectivity index (χ4n) is 6.36. The van der Waals surface area contributed by atoms with Crippen LogP contribution in [0.3, 0.4) is 0 Å². The van der Waals surface area contributed by atoms with Crippen LogP contribution in [0.1, 0.15) is 64.1 Å². The van der Waals surface area contributed by atoms with E-state index in [-0.39, 0.29) is 24.1 Å². The molecule has 4 aliphatic heterocycles. The average Bonchev–Trinajstić information content (AvgIpc) is 3.42. The van der Waals surface area contributed by atoms with Crippen LogP contribution in [-0.4, -0.2) is 83.9 Å². The summed E-state index contributed by atoms with van der Waals surface area (Å²) in [5.74, 6) is 0.687. The first-order chi connectivity index (χ1) is 17.3. The van der Waals surface area contributed by atoms with E-state index in [0.29, 0.717) is 32.1 Å². The molecule has 1 N–H and O–H groups in total. The standard InChI is InChI=1S/C27H40N6O3/c1-26(2,3)36-25(34)33-15-14-31(18-20(33)6-10-28)23-16-24(30-22-17-29-11-7-21(22)23)35-19-27-8-4-12-32(27)13-5-9-27/h16,20,29H,4-9,11-15,17-19H2,1-3H3/t20-/m0/s1. The summed E-state index contributed by atoms with van der Waals surface area (Å²) in [6.07, 6.45) is 5.74. The first kappa shape index (κ1) is 25.1. The summed E-state index contributed by atoms with van der Waals surface area (Å²) < 4.78 is 12.1. The van der Waals surface area contributed by atoms with Gasteiger partial charge in [-0.05, 0) is 78.1 Å². The molecule has 0 radical (unpaired) electrons. The molecular weight excluding hydrogens is 456 g/mol. The lowest BCUT2D eigenvalue weighted by atomic mass is 9.95. The molecule has 0 aliphatic carbocycles. The van der Waals surface area contributed by atoms with Gasteiger partial charge in [0.1, 0.15) is 12.2 Å². The van der Waals surface area contributed by atoms with Gasteiger partial charge in [0, 0.05) is 37.9 Å². The third-order valence-corrected chi connectivity index (χ3v) is 8.09. The van der Waals surface area contributed by atoms with Crippen molar-refractivity contribution in [3.63, 3.8) is 0 Å². The Hall–Kier alpha value is -2.57. The number of carbonyl (C=O) groups excluding carboxylic acids is 1. The van der Waals surface area contributed by atoms with E-state index >= 15 is 0 Å². The van der Waals surface area contributed by atoms with Crippen LogP contribution < -0.4 is 15.0 Å². The van der Waals surface area contributed by atoms with Crippen molar-refractivity contribution in [3.05, 3.63) is 17.3 Å². The van der Waals surface area contributed by atoms with E-state index in [4.69, 9.17) is 14.5 Å². The molecular formula is C27H40N6O3. The molecule has 5 heterocycles. The van der Waals surface area contributed by atoms with E-state index in [1.54, 1.807) is 4.90 Å². The molecule has 36 heavy (non-hydrogen) atoms. The van der Waals surface area contributed by atoms with Gasteiger partial charge in [-0.15, -0.1) is 0 Å². The lowest BCUT2D eigenvalue weighted by Gasteiger charge is -2.43. The molecule has 196 valence electrons. The third-order valence-electron chi connectivity index (χ3n) is 8.09. The molecule has 3 fully saturated rings. The normalized spacial score (nSPS) is 23.7. The van der Waals surface area contributed by atoms with Gasteiger partial charge in [0.15, 0.2) is 0 Å². The summed E-state index contributed by atoms with van der Waals surface area (Å²) >= 11 is 0. The maximum absolute atomic E-state index is 12.9. The molecule has 0 spiro atoms. The first-order valence-electron chi connectivity index (χ1n) is 13.5. The number of ether oxygens (including phenoxy) is 2. The number of fused-ring (bicyclic) bond motifs is 2. The zero-order valence-electron chi connectivity index (χ0n) is 22.0. The summed E-state index contributed by atoms with van der Waals surface area (Å²) in [4.78, 5) is 24.4. The van der Waals surface area contributed by atoms with E-state index in [0.717, 1.165) is 30.9 Å². The number of nitrogens with one attached hydrogen (secondary N) is 1. The van der Waals surface area contributed by atoms with Crippen molar-refractivity contribution in [2.75, 3.05) is 50.8 Å². The van der Waals surface area contributed by atoms with Crippen LogP contribution in [0.5, 0.6) is 5.88 Å². The zero-order chi connectivity index (χ0) is 25.3. The van der Waals surface area contributed by atoms with Gasteiger partial charge in [0.2, 0.25) is 5.88 Å². The SMILES string of the molecule is CC(C)(C)OC(=O)N1CCN(c2cc(OCC34CCCN3CCC4)nc3c2CCNC3)C[C@@H]1CC#N. The van der Waals surface area contributed by atoms with Crippen molar-refractivity contribution in [2.24, 2.45) is 0 Å². The lowest BCUT2D eigenvalue weighted by molar-refractivity contribution is 0.0145. The lowest BCUT2D eigenvalue weighted by Crippen LogP contribution is -2.56. The number of carbonyl (C=O) groups is 1. The van der Waals surface area contributed by atoms with Gasteiger partial charge in [0.25, 0.3) is 0 Å². The van der Waals surface area contributed by atoms with Gasteiger partial charge in [-0.1, -0.05) is 0 Å². The Bertz CT molecular complexity index is 1010. The minimum absolute atomic E-state index is 0.174. The van der Waals surface area contributed by atoms with Gasteiger partial charge in [-0.2, -0.15) is 5.26 Å². The number of pyridine rings is 1. The van der Waals surface area contributed by atoms with Crippen molar-refractivity contribution >= 4 is 11.8 Å². The monoisotopic (exact) mass is 496 g/mol. The molecule has 0 saturated carbocycles. The van der Waals surface area contributed by atoms with E-state index in [2.05, 4.69) is 27.3 Å². The molecule has 4 aliphatic rings. The molecule has 1 aromatic rings. The molecule has 1 atom stereocenters. The highest BCUT2D eigenvalue weighted by molar-refractivity contribution is 5.69. The number of rotatable bonds is 5. The summed E-state index contributed by atoms with van der Waals surface area (Å²) in [6.45, 7) is 12.1. The largest absolute Gasteiger partial charge is 0.476 e. The number of aromatic nitrogens is 1. The number of hydrogen-bond donors (Lipinski definition) is 1. The van der Waals surface area contributed by atoms with Crippen LogP contribution in [-0.2, 0) is 17.7 Å². The Morgan fingerprint density at radius 3 is 2.75 bits per heavy atom. The smallest absolute Gasteiger partial charge is 0.410 e. The number of nitriles is 1. The Morgan fingerprint density at radius 2 is 2.03 bits per heavy atom. The number of anilines is 1. The van der Waals surface area contributed by atoms with Gasteiger partial charge in [-0.3, -0.25) is 4.90 Å². The third kappa shape index (κ3) is 5.12. The average molecular weight is 497 g/mol. The van der Waals surface area contributed by atoms with E-state index in [1.165, 1.54) is 44.3 Å². The van der Waals surface area contributed by atoms with E-state index in [1.807, 2.05) is 20.8 Å². The van der Waals surface area contributed by atoms with Gasteiger partial charge < -0.3 is 24.6 Å². The molecule has 9 nitrogen and oxygen atoms in total. The number of amides is 1. The summed E-state index contributed by atoms with van der Waals surface area (Å²) in [7, 11) is 0. The quantitative estimate of drug-likeness (QED) is 0.665. The molecule has 5 rings (SSSR count). The maximum Gasteiger partial charge on any atom is 0.410 e. The second-order valence-electron chi connectivity index (χ2n) is 11.7. The number of hydrogen-bond acceptors (Lipinski definition) is 8. The highest BCUT2D eigenvalue weighted by Gasteiger charge is 2.45. The molecule has 3 saturated heterocycles. The van der Waals surface area contributed by atoms with Crippen molar-refractivity contribution < 1.29 is 14.3 Å². The van der Waals surface area contributed by atoms with Gasteiger partial charge in [-0.25, -0.2) is 9.78 Å². The maximum atomic E-state index is 12.9. The first-order valence-corrected chi connectivity index (χ1v) is 13.5. The second-order valence-corrected chi connectivity index (χ2v) is 11.7. The Kier molecular flexibility index (Phi) is 7.01. The Morgan fingerprint density at radius 1 is 1.25 bits per heavy atom.